The third-order valence-electron chi connectivity index (χ3n) is 7.61. The van der Waals surface area contributed by atoms with E-state index in [9.17, 15) is 0 Å². The Bertz CT molecular complexity index is 496. The molecule has 188 valence electrons. The fourth-order valence-electron chi connectivity index (χ4n) is 5.16. The third-order valence-corrected chi connectivity index (χ3v) is 13.1. The zero-order valence-electron chi connectivity index (χ0n) is 20.8. The summed E-state index contributed by atoms with van der Waals surface area (Å²) in [7, 11) is 3.70. The van der Waals surface area contributed by atoms with Crippen molar-refractivity contribution in [1.82, 2.24) is 0 Å². The third kappa shape index (κ3) is 7.06. The summed E-state index contributed by atoms with van der Waals surface area (Å²) in [4.78, 5) is 0. The molecule has 0 radical (unpaired) electrons. The molecule has 4 rings (SSSR count). The summed E-state index contributed by atoms with van der Waals surface area (Å²) >= 11 is 0. The van der Waals surface area contributed by atoms with Crippen molar-refractivity contribution in [3.63, 3.8) is 0 Å². The Morgan fingerprint density at radius 2 is 1.16 bits per heavy atom. The summed E-state index contributed by atoms with van der Waals surface area (Å²) in [6.07, 6.45) is 10.6. The predicted molar refractivity (Wildman–Crippen MR) is 124 cm³/mol. The van der Waals surface area contributed by atoms with Crippen LogP contribution in [0.15, 0.2) is 0 Å². The van der Waals surface area contributed by atoms with E-state index >= 15 is 0 Å². The Labute approximate surface area is 196 Å². The van der Waals surface area contributed by atoms with E-state index in [1.807, 2.05) is 0 Å². The van der Waals surface area contributed by atoms with Crippen molar-refractivity contribution in [2.24, 2.45) is 11.8 Å². The van der Waals surface area contributed by atoms with Crippen LogP contribution in [0, 0.1) is 11.8 Å². The highest BCUT2D eigenvalue weighted by Gasteiger charge is 2.46. The molecule has 0 amide bonds. The fraction of sp³-hybridized carbons (Fsp3) is 1.00. The molecule has 2 saturated carbocycles. The second-order valence-electron chi connectivity index (χ2n) is 9.37. The smallest absolute Gasteiger partial charge is 0.377 e. The van der Waals surface area contributed by atoms with Crippen molar-refractivity contribution in [3.8, 4) is 0 Å². The van der Waals surface area contributed by atoms with Crippen molar-refractivity contribution in [1.29, 1.82) is 0 Å². The van der Waals surface area contributed by atoms with Gasteiger partial charge in [-0.25, -0.2) is 0 Å². The number of hydrogen-bond acceptors (Lipinski definition) is 8. The molecule has 4 aliphatic rings. The maximum atomic E-state index is 5.92. The van der Waals surface area contributed by atoms with Crippen molar-refractivity contribution < 1.29 is 36.0 Å². The molecule has 0 N–H and O–H groups in total. The van der Waals surface area contributed by atoms with Gasteiger partial charge in [-0.05, 0) is 56.8 Å². The van der Waals surface area contributed by atoms with Crippen molar-refractivity contribution in [2.45, 2.75) is 88.4 Å². The standard InChI is InChI=1S/2C11H22O4Si/c1-12-16(13-2,14-3)7-6-9-4-5-10-11(8-9)15-10;1-4-16(12-2,13-3)14-8-9-5-6-10-11(7-9)15-10/h2*9-11H,4-8H2,1-3H3. The lowest BCUT2D eigenvalue weighted by molar-refractivity contribution is 0.0770. The van der Waals surface area contributed by atoms with Gasteiger partial charge in [-0.2, -0.15) is 0 Å². The minimum absolute atomic E-state index is 0.519. The highest BCUT2D eigenvalue weighted by molar-refractivity contribution is 6.60. The van der Waals surface area contributed by atoms with Crippen LogP contribution in [0.4, 0.5) is 0 Å². The van der Waals surface area contributed by atoms with Crippen LogP contribution in [0.25, 0.3) is 0 Å². The van der Waals surface area contributed by atoms with E-state index in [2.05, 4.69) is 6.92 Å². The van der Waals surface area contributed by atoms with Crippen LogP contribution in [0.3, 0.4) is 0 Å². The Hall–Kier alpha value is 0.114. The van der Waals surface area contributed by atoms with Crippen molar-refractivity contribution in [3.05, 3.63) is 0 Å². The number of ether oxygens (including phenoxy) is 2. The molecule has 2 saturated heterocycles. The minimum atomic E-state index is -2.35. The number of rotatable bonds is 12. The lowest BCUT2D eigenvalue weighted by Gasteiger charge is -2.28. The van der Waals surface area contributed by atoms with Gasteiger partial charge < -0.3 is 36.0 Å². The summed E-state index contributed by atoms with van der Waals surface area (Å²) in [5.41, 5.74) is 0. The highest BCUT2D eigenvalue weighted by Crippen LogP contribution is 2.42. The molecule has 0 aromatic carbocycles. The van der Waals surface area contributed by atoms with Gasteiger partial charge in [-0.15, -0.1) is 0 Å². The van der Waals surface area contributed by atoms with Gasteiger partial charge in [-0.3, -0.25) is 0 Å². The van der Waals surface area contributed by atoms with E-state index in [-0.39, 0.29) is 0 Å². The molecule has 0 spiro atoms. The predicted octanol–water partition coefficient (Wildman–Crippen LogP) is 3.64. The Kier molecular flexibility index (Phi) is 10.2. The quantitative estimate of drug-likeness (QED) is 0.302. The van der Waals surface area contributed by atoms with Crippen LogP contribution >= 0.6 is 0 Å². The number of epoxide rings is 2. The van der Waals surface area contributed by atoms with E-state index in [1.165, 1.54) is 32.1 Å². The summed E-state index contributed by atoms with van der Waals surface area (Å²) in [6.45, 7) is 2.81. The Balaban J connectivity index is 0.000000181. The van der Waals surface area contributed by atoms with E-state index in [1.54, 1.807) is 35.5 Å². The number of hydrogen-bond donors (Lipinski definition) is 0. The SMILES string of the molecule is CC[Si](OC)(OC)OCC1CCC2OC2C1.CO[Si](CCC1CCC2OC2C1)(OC)OC. The summed E-state index contributed by atoms with van der Waals surface area (Å²) < 4.78 is 44.1. The molecule has 0 aromatic rings. The van der Waals surface area contributed by atoms with E-state index < -0.39 is 17.6 Å². The largest absolute Gasteiger partial charge is 0.500 e. The first-order valence-electron chi connectivity index (χ1n) is 12.2. The molecule has 4 fully saturated rings. The van der Waals surface area contributed by atoms with Gasteiger partial charge >= 0.3 is 17.6 Å². The molecule has 2 aliphatic carbocycles. The van der Waals surface area contributed by atoms with Gasteiger partial charge in [0.1, 0.15) is 0 Å². The molecule has 6 unspecified atom stereocenters. The lowest BCUT2D eigenvalue weighted by Crippen LogP contribution is -2.44. The summed E-state index contributed by atoms with van der Waals surface area (Å²) in [5, 5.41) is 0. The fourth-order valence-corrected chi connectivity index (χ4v) is 8.71. The first-order chi connectivity index (χ1) is 15.5. The van der Waals surface area contributed by atoms with Crippen molar-refractivity contribution in [2.75, 3.05) is 42.2 Å². The van der Waals surface area contributed by atoms with E-state index in [0.717, 1.165) is 37.5 Å². The van der Waals surface area contributed by atoms with Crippen molar-refractivity contribution >= 4 is 17.6 Å². The number of fused-ring (bicyclic) bond motifs is 2. The van der Waals surface area contributed by atoms with Crippen LogP contribution in [0.1, 0.15) is 51.9 Å². The summed E-state index contributed by atoms with van der Waals surface area (Å²) in [5.74, 6) is 1.38. The van der Waals surface area contributed by atoms with Crippen LogP contribution in [-0.4, -0.2) is 84.2 Å². The van der Waals surface area contributed by atoms with E-state index in [4.69, 9.17) is 36.0 Å². The molecule has 2 aliphatic heterocycles. The normalized spacial score (nSPS) is 33.6. The molecule has 6 atom stereocenters. The van der Waals surface area contributed by atoms with Gasteiger partial charge in [0.25, 0.3) is 0 Å². The van der Waals surface area contributed by atoms with Gasteiger partial charge in [0, 0.05) is 54.2 Å². The minimum Gasteiger partial charge on any atom is -0.377 e. The molecule has 0 bridgehead atoms. The summed E-state index contributed by atoms with van der Waals surface area (Å²) in [6, 6.07) is 1.74. The first-order valence-corrected chi connectivity index (χ1v) is 16.0. The second-order valence-corrected chi connectivity index (χ2v) is 15.6. The molecule has 2 heterocycles. The maximum Gasteiger partial charge on any atom is 0.500 e. The maximum absolute atomic E-state index is 5.92. The first kappa shape index (κ1) is 26.7. The zero-order valence-corrected chi connectivity index (χ0v) is 22.8. The molecule has 8 nitrogen and oxygen atoms in total. The Morgan fingerprint density at radius 1 is 0.656 bits per heavy atom. The van der Waals surface area contributed by atoms with Crippen LogP contribution < -0.4 is 0 Å². The molecule has 32 heavy (non-hydrogen) atoms. The topological polar surface area (TPSA) is 80.4 Å². The van der Waals surface area contributed by atoms with Crippen LogP contribution in [0.2, 0.25) is 12.1 Å². The Morgan fingerprint density at radius 3 is 1.62 bits per heavy atom. The van der Waals surface area contributed by atoms with Gasteiger partial charge in [0.15, 0.2) is 0 Å². The average molecular weight is 493 g/mol. The zero-order chi connectivity index (χ0) is 23.2. The monoisotopic (exact) mass is 492 g/mol. The van der Waals surface area contributed by atoms with Gasteiger partial charge in [-0.1, -0.05) is 6.92 Å². The van der Waals surface area contributed by atoms with Crippen LogP contribution in [0.5, 0.6) is 0 Å². The molecular weight excluding hydrogens is 448 g/mol. The van der Waals surface area contributed by atoms with Gasteiger partial charge in [0.05, 0.1) is 24.4 Å². The van der Waals surface area contributed by atoms with E-state index in [0.29, 0.717) is 30.3 Å². The van der Waals surface area contributed by atoms with Gasteiger partial charge in [0.2, 0.25) is 0 Å². The molecular formula is C22H44O8Si2. The lowest BCUT2D eigenvalue weighted by atomic mass is 9.88. The molecule has 10 heteroatoms. The highest BCUT2D eigenvalue weighted by atomic mass is 28.4. The second kappa shape index (κ2) is 12.2. The van der Waals surface area contributed by atoms with Crippen LogP contribution in [-0.2, 0) is 36.0 Å². The average Bonchev–Trinajstić information content (AvgIpc) is 3.76. The molecule has 0 aromatic heterocycles.